The van der Waals surface area contributed by atoms with E-state index in [2.05, 4.69) is 5.32 Å². The Morgan fingerprint density at radius 2 is 2.09 bits per heavy atom. The summed E-state index contributed by atoms with van der Waals surface area (Å²) in [6, 6.07) is 2.57. The average molecular weight is 311 g/mol. The van der Waals surface area contributed by atoms with Crippen LogP contribution in [0.5, 0.6) is 11.5 Å². The molecule has 0 spiro atoms. The molecular formula is C14H21N3O5. The highest BCUT2D eigenvalue weighted by atomic mass is 16.6. The van der Waals surface area contributed by atoms with Crippen molar-refractivity contribution >= 4 is 11.6 Å². The highest BCUT2D eigenvalue weighted by Gasteiger charge is 2.26. The lowest BCUT2D eigenvalue weighted by Gasteiger charge is -2.18. The molecule has 8 nitrogen and oxygen atoms in total. The Labute approximate surface area is 129 Å². The van der Waals surface area contributed by atoms with Gasteiger partial charge in [0, 0.05) is 26.2 Å². The van der Waals surface area contributed by atoms with Crippen molar-refractivity contribution < 1.29 is 19.2 Å². The predicted octanol–water partition coefficient (Wildman–Crippen LogP) is 1.29. The van der Waals surface area contributed by atoms with Gasteiger partial charge in [0.1, 0.15) is 5.56 Å². The quantitative estimate of drug-likeness (QED) is 0.574. The monoisotopic (exact) mass is 311 g/mol. The van der Waals surface area contributed by atoms with Crippen molar-refractivity contribution in [2.24, 2.45) is 0 Å². The molecule has 0 saturated carbocycles. The van der Waals surface area contributed by atoms with Gasteiger partial charge in [0.05, 0.1) is 24.7 Å². The van der Waals surface area contributed by atoms with Crippen LogP contribution in [0, 0.1) is 10.1 Å². The van der Waals surface area contributed by atoms with Crippen molar-refractivity contribution in [1.82, 2.24) is 10.2 Å². The van der Waals surface area contributed by atoms with Gasteiger partial charge in [0.25, 0.3) is 11.6 Å². The molecule has 0 radical (unpaired) electrons. The van der Waals surface area contributed by atoms with Crippen LogP contribution in [-0.4, -0.2) is 56.6 Å². The molecule has 0 saturated heterocycles. The molecule has 8 heteroatoms. The van der Waals surface area contributed by atoms with Crippen LogP contribution < -0.4 is 14.8 Å². The van der Waals surface area contributed by atoms with Crippen molar-refractivity contribution in [3.05, 3.63) is 27.8 Å². The van der Waals surface area contributed by atoms with Crippen molar-refractivity contribution in [2.75, 3.05) is 40.9 Å². The minimum Gasteiger partial charge on any atom is -0.493 e. The molecule has 0 fully saturated rings. The standard InChI is InChI=1S/C14H21N3O5/c1-5-22-13-8-10(14(18)16(3)7-6-15-2)11(17(19)20)9-12(13)21-4/h8-9,15H,5-7H2,1-4H3. The van der Waals surface area contributed by atoms with E-state index < -0.39 is 10.8 Å². The summed E-state index contributed by atoms with van der Waals surface area (Å²) in [7, 11) is 4.75. The van der Waals surface area contributed by atoms with Crippen LogP contribution in [0.1, 0.15) is 17.3 Å². The molecule has 1 aromatic rings. The third-order valence-electron chi connectivity index (χ3n) is 3.05. The second-order valence-electron chi connectivity index (χ2n) is 4.54. The number of nitro benzene ring substituents is 1. The number of amides is 1. The van der Waals surface area contributed by atoms with Crippen molar-refractivity contribution in [2.45, 2.75) is 6.92 Å². The summed E-state index contributed by atoms with van der Waals surface area (Å²) < 4.78 is 10.5. The van der Waals surface area contributed by atoms with Gasteiger partial charge in [-0.3, -0.25) is 14.9 Å². The van der Waals surface area contributed by atoms with Crippen molar-refractivity contribution in [1.29, 1.82) is 0 Å². The first-order valence-corrected chi connectivity index (χ1v) is 6.85. The number of likely N-dealkylation sites (N-methyl/N-ethyl adjacent to an activating group) is 2. The smallest absolute Gasteiger partial charge is 0.286 e. The highest BCUT2D eigenvalue weighted by molar-refractivity contribution is 5.99. The molecule has 22 heavy (non-hydrogen) atoms. The number of nitro groups is 1. The van der Waals surface area contributed by atoms with Crippen LogP contribution >= 0.6 is 0 Å². The molecule has 1 amide bonds. The van der Waals surface area contributed by atoms with E-state index in [4.69, 9.17) is 9.47 Å². The SMILES string of the molecule is CCOc1cc(C(=O)N(C)CCNC)c([N+](=O)[O-])cc1OC. The molecule has 0 unspecified atom stereocenters. The first-order valence-electron chi connectivity index (χ1n) is 6.85. The number of ether oxygens (including phenoxy) is 2. The number of nitrogens with one attached hydrogen (secondary N) is 1. The van der Waals surface area contributed by atoms with Gasteiger partial charge in [-0.1, -0.05) is 0 Å². The zero-order valence-corrected chi connectivity index (χ0v) is 13.2. The summed E-state index contributed by atoms with van der Waals surface area (Å²) >= 11 is 0. The number of hydrogen-bond donors (Lipinski definition) is 1. The molecule has 0 aliphatic carbocycles. The molecule has 1 N–H and O–H groups in total. The largest absolute Gasteiger partial charge is 0.493 e. The van der Waals surface area contributed by atoms with Gasteiger partial charge >= 0.3 is 0 Å². The topological polar surface area (TPSA) is 93.9 Å². The van der Waals surface area contributed by atoms with Gasteiger partial charge < -0.3 is 19.7 Å². The van der Waals surface area contributed by atoms with Crippen LogP contribution in [0.15, 0.2) is 12.1 Å². The van der Waals surface area contributed by atoms with Crippen LogP contribution in [-0.2, 0) is 0 Å². The molecule has 0 aliphatic heterocycles. The van der Waals surface area contributed by atoms with E-state index in [1.807, 2.05) is 0 Å². The van der Waals surface area contributed by atoms with Crippen LogP contribution in [0.2, 0.25) is 0 Å². The van der Waals surface area contributed by atoms with E-state index in [9.17, 15) is 14.9 Å². The van der Waals surface area contributed by atoms with Crippen molar-refractivity contribution in [3.8, 4) is 11.5 Å². The number of carbonyl (C=O) groups is 1. The number of hydrogen-bond acceptors (Lipinski definition) is 6. The van der Waals surface area contributed by atoms with Gasteiger partial charge in [0.2, 0.25) is 0 Å². The fourth-order valence-corrected chi connectivity index (χ4v) is 1.89. The first-order chi connectivity index (χ1) is 10.5. The van der Waals surface area contributed by atoms with Crippen LogP contribution in [0.25, 0.3) is 0 Å². The van der Waals surface area contributed by atoms with Gasteiger partial charge in [-0.15, -0.1) is 0 Å². The molecule has 0 aromatic heterocycles. The molecule has 1 rings (SSSR count). The van der Waals surface area contributed by atoms with E-state index >= 15 is 0 Å². The Morgan fingerprint density at radius 3 is 2.59 bits per heavy atom. The normalized spacial score (nSPS) is 10.2. The summed E-state index contributed by atoms with van der Waals surface area (Å²) in [6.45, 7) is 3.16. The lowest BCUT2D eigenvalue weighted by molar-refractivity contribution is -0.385. The summed E-state index contributed by atoms with van der Waals surface area (Å²) in [4.78, 5) is 24.5. The van der Waals surface area contributed by atoms with Crippen LogP contribution in [0.4, 0.5) is 5.69 Å². The minimum atomic E-state index is -0.600. The third kappa shape index (κ3) is 4.08. The van der Waals surface area contributed by atoms with Crippen LogP contribution in [0.3, 0.4) is 0 Å². The van der Waals surface area contributed by atoms with Gasteiger partial charge in [-0.05, 0) is 14.0 Å². The third-order valence-corrected chi connectivity index (χ3v) is 3.05. The van der Waals surface area contributed by atoms with E-state index in [-0.39, 0.29) is 17.0 Å². The predicted molar refractivity (Wildman–Crippen MR) is 81.7 cm³/mol. The van der Waals surface area contributed by atoms with E-state index in [0.29, 0.717) is 25.4 Å². The fourth-order valence-electron chi connectivity index (χ4n) is 1.89. The molecule has 122 valence electrons. The first kappa shape index (κ1) is 17.7. The number of carbonyl (C=O) groups excluding carboxylic acids is 1. The lowest BCUT2D eigenvalue weighted by atomic mass is 10.1. The Balaban J connectivity index is 3.27. The Kier molecular flexibility index (Phi) is 6.58. The molecule has 0 bridgehead atoms. The zero-order chi connectivity index (χ0) is 16.7. The lowest BCUT2D eigenvalue weighted by Crippen LogP contribution is -2.33. The minimum absolute atomic E-state index is 0.0205. The van der Waals surface area contributed by atoms with E-state index in [1.54, 1.807) is 21.0 Å². The maximum Gasteiger partial charge on any atom is 0.286 e. The summed E-state index contributed by atoms with van der Waals surface area (Å²) in [5.41, 5.74) is -0.325. The summed E-state index contributed by atoms with van der Waals surface area (Å²) in [5.74, 6) is 0.0921. The number of nitrogens with zero attached hydrogens (tertiary/aromatic N) is 2. The molecule has 0 heterocycles. The summed E-state index contributed by atoms with van der Waals surface area (Å²) in [5, 5.41) is 14.1. The van der Waals surface area contributed by atoms with Gasteiger partial charge in [0.15, 0.2) is 11.5 Å². The molecule has 0 aliphatic rings. The Bertz CT molecular complexity index is 548. The molecule has 1 aromatic carbocycles. The van der Waals surface area contributed by atoms with Gasteiger partial charge in [-0.25, -0.2) is 0 Å². The zero-order valence-electron chi connectivity index (χ0n) is 13.2. The number of methoxy groups -OCH3 is 1. The van der Waals surface area contributed by atoms with E-state index in [0.717, 1.165) is 0 Å². The second-order valence-corrected chi connectivity index (χ2v) is 4.54. The summed E-state index contributed by atoms with van der Waals surface area (Å²) in [6.07, 6.45) is 0. The molecular weight excluding hydrogens is 290 g/mol. The molecule has 0 atom stereocenters. The maximum absolute atomic E-state index is 12.4. The number of benzene rings is 1. The second kappa shape index (κ2) is 8.18. The van der Waals surface area contributed by atoms with Gasteiger partial charge in [-0.2, -0.15) is 0 Å². The Morgan fingerprint density at radius 1 is 1.41 bits per heavy atom. The maximum atomic E-state index is 12.4. The number of rotatable bonds is 8. The van der Waals surface area contributed by atoms with Crippen molar-refractivity contribution in [3.63, 3.8) is 0 Å². The average Bonchev–Trinajstić information content (AvgIpc) is 2.51. The fraction of sp³-hybridized carbons (Fsp3) is 0.500. The van der Waals surface area contributed by atoms with E-state index in [1.165, 1.54) is 24.1 Å². The Hall–Kier alpha value is -2.35. The highest BCUT2D eigenvalue weighted by Crippen LogP contribution is 2.35.